The number of aryl methyl sites for hydroxylation is 1. The van der Waals surface area contributed by atoms with Gasteiger partial charge in [-0.15, -0.1) is 0 Å². The number of hydrogen-bond acceptors (Lipinski definition) is 4. The number of aromatic nitrogens is 1. The molecule has 1 amide bonds. The third kappa shape index (κ3) is 4.98. The summed E-state index contributed by atoms with van der Waals surface area (Å²) in [5.74, 6) is 1.37. The minimum Gasteiger partial charge on any atom is -0.449 e. The average molecular weight is 418 g/mol. The lowest BCUT2D eigenvalue weighted by Crippen LogP contribution is -2.45. The first-order chi connectivity index (χ1) is 15.0. The van der Waals surface area contributed by atoms with Gasteiger partial charge in [-0.25, -0.2) is 9.78 Å². The normalized spacial score (nSPS) is 14.8. The highest BCUT2D eigenvalue weighted by molar-refractivity contribution is 5.95. The molecule has 0 bridgehead atoms. The van der Waals surface area contributed by atoms with E-state index in [0.29, 0.717) is 12.5 Å². The number of ether oxygens (including phenoxy) is 1. The van der Waals surface area contributed by atoms with E-state index >= 15 is 0 Å². The average Bonchev–Trinajstić information content (AvgIpc) is 2.78. The fraction of sp³-hybridized carbons (Fsp3) is 0.385. The van der Waals surface area contributed by atoms with Gasteiger partial charge >= 0.3 is 6.09 Å². The van der Waals surface area contributed by atoms with E-state index < -0.39 is 0 Å². The number of rotatable bonds is 5. The number of nitrogens with zero attached hydrogens (tertiary/aromatic N) is 2. The summed E-state index contributed by atoms with van der Waals surface area (Å²) >= 11 is 0. The van der Waals surface area contributed by atoms with Crippen molar-refractivity contribution < 1.29 is 9.53 Å². The number of fused-ring (bicyclic) bond motifs is 1. The summed E-state index contributed by atoms with van der Waals surface area (Å²) in [6, 6.07) is 19.2. The molecule has 162 valence electrons. The second kappa shape index (κ2) is 9.38. The highest BCUT2D eigenvalue weighted by atomic mass is 16.5. The van der Waals surface area contributed by atoms with Gasteiger partial charge in [-0.05, 0) is 42.7 Å². The number of alkyl carbamates (subject to hydrolysis) is 1. The topological polar surface area (TPSA) is 54.5 Å². The maximum atomic E-state index is 12.0. The van der Waals surface area contributed by atoms with Crippen LogP contribution in [0.3, 0.4) is 0 Å². The predicted octanol–water partition coefficient (Wildman–Crippen LogP) is 5.56. The highest BCUT2D eigenvalue weighted by Crippen LogP contribution is 2.32. The lowest BCUT2D eigenvalue weighted by Gasteiger charge is -2.34. The van der Waals surface area contributed by atoms with Crippen LogP contribution in [0.5, 0.6) is 0 Å². The van der Waals surface area contributed by atoms with Crippen molar-refractivity contribution in [3.8, 4) is 11.3 Å². The molecule has 0 aliphatic carbocycles. The summed E-state index contributed by atoms with van der Waals surface area (Å²) in [5, 5.41) is 5.39. The molecule has 4 rings (SSSR count). The number of anilines is 1. The van der Waals surface area contributed by atoms with Crippen LogP contribution in [0.4, 0.5) is 10.6 Å². The molecule has 2 aromatic carbocycles. The zero-order valence-corrected chi connectivity index (χ0v) is 18.6. The van der Waals surface area contributed by atoms with Crippen LogP contribution in [-0.2, 0) is 4.74 Å². The van der Waals surface area contributed by atoms with Gasteiger partial charge in [0.25, 0.3) is 0 Å². The first kappa shape index (κ1) is 21.2. The zero-order valence-electron chi connectivity index (χ0n) is 18.6. The number of carbonyl (C=O) groups is 1. The van der Waals surface area contributed by atoms with Crippen molar-refractivity contribution >= 4 is 22.7 Å². The SMILES string of the molecule is Cc1ccccc1-c1cc2ccccc2c(N2CCC(NC(=O)OCC(C)C)CC2)n1. The van der Waals surface area contributed by atoms with Gasteiger partial charge < -0.3 is 15.0 Å². The molecule has 0 atom stereocenters. The molecule has 1 N–H and O–H groups in total. The summed E-state index contributed by atoms with van der Waals surface area (Å²) in [5.41, 5.74) is 3.39. The second-order valence-corrected chi connectivity index (χ2v) is 8.77. The van der Waals surface area contributed by atoms with Crippen LogP contribution >= 0.6 is 0 Å². The lowest BCUT2D eigenvalue weighted by atomic mass is 10.0. The molecule has 5 nitrogen and oxygen atoms in total. The van der Waals surface area contributed by atoms with Gasteiger partial charge in [0.1, 0.15) is 5.82 Å². The standard InChI is InChI=1S/C26H31N3O2/c1-18(2)17-31-26(30)27-21-12-14-29(15-13-21)25-23-11-7-5-9-20(23)16-24(28-25)22-10-6-4-8-19(22)3/h4-11,16,18,21H,12-15,17H2,1-3H3,(H,27,30). The Bertz CT molecular complexity index is 1060. The molecule has 5 heteroatoms. The molecule has 0 unspecified atom stereocenters. The van der Waals surface area contributed by atoms with Crippen molar-refractivity contribution in [1.29, 1.82) is 0 Å². The Morgan fingerprint density at radius 2 is 1.84 bits per heavy atom. The quantitative estimate of drug-likeness (QED) is 0.590. The van der Waals surface area contributed by atoms with E-state index in [1.165, 1.54) is 21.9 Å². The Kier molecular flexibility index (Phi) is 6.40. The first-order valence-electron chi connectivity index (χ1n) is 11.2. The molecule has 1 fully saturated rings. The summed E-state index contributed by atoms with van der Waals surface area (Å²) in [6.45, 7) is 8.35. The van der Waals surface area contributed by atoms with Gasteiger partial charge in [-0.1, -0.05) is 62.4 Å². The van der Waals surface area contributed by atoms with Crippen molar-refractivity contribution in [2.24, 2.45) is 5.92 Å². The molecule has 1 aliphatic heterocycles. The first-order valence-corrected chi connectivity index (χ1v) is 11.2. The minimum atomic E-state index is -0.308. The Morgan fingerprint density at radius 1 is 1.13 bits per heavy atom. The molecule has 1 aromatic heterocycles. The molecule has 3 aromatic rings. The van der Waals surface area contributed by atoms with Gasteiger partial charge in [-0.3, -0.25) is 0 Å². The molecule has 1 aliphatic rings. The van der Waals surface area contributed by atoms with Crippen molar-refractivity contribution in [2.75, 3.05) is 24.6 Å². The third-order valence-electron chi connectivity index (χ3n) is 5.81. The van der Waals surface area contributed by atoms with Gasteiger partial charge in [0, 0.05) is 30.1 Å². The predicted molar refractivity (Wildman–Crippen MR) is 126 cm³/mol. The number of amides is 1. The number of pyridine rings is 1. The number of nitrogens with one attached hydrogen (secondary N) is 1. The van der Waals surface area contributed by atoms with Crippen molar-refractivity contribution in [3.05, 3.63) is 60.2 Å². The van der Waals surface area contributed by atoms with Gasteiger partial charge in [0.2, 0.25) is 0 Å². The summed E-state index contributed by atoms with van der Waals surface area (Å²) in [4.78, 5) is 19.5. The molecule has 31 heavy (non-hydrogen) atoms. The third-order valence-corrected chi connectivity index (χ3v) is 5.81. The fourth-order valence-electron chi connectivity index (χ4n) is 4.11. The molecule has 0 spiro atoms. The molecular formula is C26H31N3O2. The second-order valence-electron chi connectivity index (χ2n) is 8.77. The van der Waals surface area contributed by atoms with E-state index in [0.717, 1.165) is 37.4 Å². The summed E-state index contributed by atoms with van der Waals surface area (Å²) in [7, 11) is 0. The van der Waals surface area contributed by atoms with Gasteiger partial charge in [0.05, 0.1) is 12.3 Å². The monoisotopic (exact) mass is 417 g/mol. The van der Waals surface area contributed by atoms with Crippen molar-refractivity contribution in [1.82, 2.24) is 10.3 Å². The van der Waals surface area contributed by atoms with E-state index in [1.807, 2.05) is 13.8 Å². The van der Waals surface area contributed by atoms with Crippen LogP contribution in [0.15, 0.2) is 54.6 Å². The van der Waals surface area contributed by atoms with Crippen LogP contribution in [0.2, 0.25) is 0 Å². The largest absolute Gasteiger partial charge is 0.449 e. The number of benzene rings is 2. The van der Waals surface area contributed by atoms with E-state index in [4.69, 9.17) is 9.72 Å². The Hall–Kier alpha value is -3.08. The molecule has 0 saturated carbocycles. The zero-order chi connectivity index (χ0) is 21.8. The minimum absolute atomic E-state index is 0.140. The van der Waals surface area contributed by atoms with Crippen LogP contribution in [0, 0.1) is 12.8 Å². The van der Waals surface area contributed by atoms with Crippen LogP contribution < -0.4 is 10.2 Å². The van der Waals surface area contributed by atoms with E-state index in [-0.39, 0.29) is 12.1 Å². The smallest absolute Gasteiger partial charge is 0.407 e. The van der Waals surface area contributed by atoms with Crippen LogP contribution in [0.25, 0.3) is 22.0 Å². The van der Waals surface area contributed by atoms with Gasteiger partial charge in [-0.2, -0.15) is 0 Å². The molecule has 1 saturated heterocycles. The Labute approximate surface area is 184 Å². The molecule has 0 radical (unpaired) electrons. The van der Waals surface area contributed by atoms with Crippen molar-refractivity contribution in [2.45, 2.75) is 39.7 Å². The Balaban J connectivity index is 1.53. The van der Waals surface area contributed by atoms with E-state index in [2.05, 4.69) is 71.7 Å². The Morgan fingerprint density at radius 3 is 2.58 bits per heavy atom. The highest BCUT2D eigenvalue weighted by Gasteiger charge is 2.24. The summed E-state index contributed by atoms with van der Waals surface area (Å²) in [6.07, 6.45) is 1.44. The number of carbonyl (C=O) groups excluding carboxylic acids is 1. The van der Waals surface area contributed by atoms with Crippen molar-refractivity contribution in [3.63, 3.8) is 0 Å². The van der Waals surface area contributed by atoms with Gasteiger partial charge in [0.15, 0.2) is 0 Å². The van der Waals surface area contributed by atoms with Crippen LogP contribution in [0.1, 0.15) is 32.3 Å². The summed E-state index contributed by atoms with van der Waals surface area (Å²) < 4.78 is 5.28. The lowest BCUT2D eigenvalue weighted by molar-refractivity contribution is 0.128. The molecule has 2 heterocycles. The molecular weight excluding hydrogens is 386 g/mol. The fourth-order valence-corrected chi connectivity index (χ4v) is 4.11. The maximum Gasteiger partial charge on any atom is 0.407 e. The maximum absolute atomic E-state index is 12.0. The number of hydrogen-bond donors (Lipinski definition) is 1. The van der Waals surface area contributed by atoms with Crippen LogP contribution in [-0.4, -0.2) is 36.8 Å². The number of piperidine rings is 1. The van der Waals surface area contributed by atoms with E-state index in [9.17, 15) is 4.79 Å². The van der Waals surface area contributed by atoms with E-state index in [1.54, 1.807) is 0 Å².